The number of thiophene rings is 2. The van der Waals surface area contributed by atoms with Crippen molar-refractivity contribution in [2.24, 2.45) is 0 Å². The fraction of sp³-hybridized carbons (Fsp3) is 0. The summed E-state index contributed by atoms with van der Waals surface area (Å²) in [6, 6.07) is 33.2. The van der Waals surface area contributed by atoms with E-state index in [2.05, 4.69) is 31.2 Å². The summed E-state index contributed by atoms with van der Waals surface area (Å²) in [6.07, 6.45) is 0. The lowest BCUT2D eigenvalue weighted by Gasteiger charge is -2.08. The number of fused-ring (bicyclic) bond motifs is 1. The number of anilines is 4. The Bertz CT molecular complexity index is 2280. The molecule has 0 aliphatic rings. The van der Waals surface area contributed by atoms with Crippen molar-refractivity contribution >= 4 is 80.1 Å². The summed E-state index contributed by atoms with van der Waals surface area (Å²) in [4.78, 5) is 59.5. The maximum Gasteiger partial charge on any atom is 0.265 e. The molecule has 3 aromatic heterocycles. The molecule has 4 aromatic carbocycles. The molecule has 0 aliphatic carbocycles. The van der Waals surface area contributed by atoms with E-state index in [0.717, 1.165) is 16.6 Å². The molecule has 5 N–H and O–H groups in total. The lowest BCUT2D eigenvalue weighted by molar-refractivity contribution is 0.101. The summed E-state index contributed by atoms with van der Waals surface area (Å²) in [5, 5.41) is 15.1. The lowest BCUT2D eigenvalue weighted by atomic mass is 10.1. The van der Waals surface area contributed by atoms with Gasteiger partial charge in [-0.1, -0.05) is 12.1 Å². The van der Waals surface area contributed by atoms with E-state index in [4.69, 9.17) is 0 Å². The smallest absolute Gasteiger partial charge is 0.265 e. The van der Waals surface area contributed by atoms with E-state index in [1.807, 2.05) is 47.2 Å². The van der Waals surface area contributed by atoms with Gasteiger partial charge in [-0.25, -0.2) is 4.98 Å². The second-order valence-corrected chi connectivity index (χ2v) is 12.7. The Morgan fingerprint density at radius 3 is 1.45 bits per heavy atom. The summed E-state index contributed by atoms with van der Waals surface area (Å²) < 4.78 is 0. The van der Waals surface area contributed by atoms with Crippen LogP contribution in [0.1, 0.15) is 40.1 Å². The van der Waals surface area contributed by atoms with E-state index in [9.17, 15) is 19.2 Å². The van der Waals surface area contributed by atoms with Gasteiger partial charge in [-0.3, -0.25) is 19.2 Å². The van der Waals surface area contributed by atoms with Gasteiger partial charge in [0.25, 0.3) is 23.6 Å². The van der Waals surface area contributed by atoms with Crippen molar-refractivity contribution in [3.8, 4) is 11.4 Å². The van der Waals surface area contributed by atoms with Crippen LogP contribution in [-0.2, 0) is 0 Å². The number of nitrogens with one attached hydrogen (secondary N) is 5. The molecule has 4 amide bonds. The van der Waals surface area contributed by atoms with Gasteiger partial charge in [0.1, 0.15) is 5.82 Å². The minimum absolute atomic E-state index is 0.194. The van der Waals surface area contributed by atoms with Crippen LogP contribution < -0.4 is 21.3 Å². The maximum absolute atomic E-state index is 12.9. The topological polar surface area (TPSA) is 145 Å². The van der Waals surface area contributed by atoms with Crippen LogP contribution in [-0.4, -0.2) is 33.6 Å². The SMILES string of the molecule is O=C(Nc1ccc(-c2nc3ccc(NC(=O)c4ccc(NC(=O)c5cccs5)cc4)cc3[nH]2)cc1)c1ccc(NC(=O)c2cccs2)cc1. The van der Waals surface area contributed by atoms with Gasteiger partial charge in [0.2, 0.25) is 0 Å². The Balaban J connectivity index is 0.952. The first-order chi connectivity index (χ1) is 23.9. The number of H-pyrrole nitrogens is 1. The van der Waals surface area contributed by atoms with E-state index in [-0.39, 0.29) is 23.6 Å². The molecule has 7 rings (SSSR count). The second-order valence-electron chi connectivity index (χ2n) is 10.8. The van der Waals surface area contributed by atoms with E-state index in [0.29, 0.717) is 49.5 Å². The predicted octanol–water partition coefficient (Wildman–Crippen LogP) is 8.36. The molecule has 0 bridgehead atoms. The predicted molar refractivity (Wildman–Crippen MR) is 195 cm³/mol. The molecule has 0 unspecified atom stereocenters. The van der Waals surface area contributed by atoms with Gasteiger partial charge in [0, 0.05) is 39.4 Å². The van der Waals surface area contributed by atoms with Crippen molar-refractivity contribution in [3.05, 3.63) is 147 Å². The molecular formula is C37H26N6O4S2. The summed E-state index contributed by atoms with van der Waals surface area (Å²) >= 11 is 2.72. The van der Waals surface area contributed by atoms with Crippen molar-refractivity contribution in [3.63, 3.8) is 0 Å². The van der Waals surface area contributed by atoms with Gasteiger partial charge in [-0.15, -0.1) is 22.7 Å². The monoisotopic (exact) mass is 682 g/mol. The molecule has 0 aliphatic heterocycles. The lowest BCUT2D eigenvalue weighted by Crippen LogP contribution is -2.13. The highest BCUT2D eigenvalue weighted by Crippen LogP contribution is 2.25. The van der Waals surface area contributed by atoms with Gasteiger partial charge in [-0.05, 0) is 114 Å². The Kier molecular flexibility index (Phi) is 8.78. The summed E-state index contributed by atoms with van der Waals surface area (Å²) in [6.45, 7) is 0. The van der Waals surface area contributed by atoms with E-state index in [1.54, 1.807) is 78.9 Å². The van der Waals surface area contributed by atoms with Gasteiger partial charge >= 0.3 is 0 Å². The van der Waals surface area contributed by atoms with Crippen molar-refractivity contribution in [1.29, 1.82) is 0 Å². The van der Waals surface area contributed by atoms with Crippen molar-refractivity contribution in [1.82, 2.24) is 9.97 Å². The standard InChI is InChI=1S/C37H26N6O4S2/c44-34(23-7-13-26(14-8-23)39-36(46)31-3-1-19-48-31)38-25-11-5-22(6-12-25)33-42-29-18-17-28(21-30(29)43-33)41-35(45)24-9-15-27(16-10-24)40-37(47)32-4-2-20-49-32/h1-21H,(H,38,44)(H,39,46)(H,40,47)(H,41,45)(H,42,43). The van der Waals surface area contributed by atoms with E-state index >= 15 is 0 Å². The number of aromatic nitrogens is 2. The number of carbonyl (C=O) groups is 4. The molecule has 240 valence electrons. The third-order valence-corrected chi connectivity index (χ3v) is 9.19. The summed E-state index contributed by atoms with van der Waals surface area (Å²) in [7, 11) is 0. The van der Waals surface area contributed by atoms with Crippen LogP contribution in [0.15, 0.2) is 126 Å². The zero-order chi connectivity index (χ0) is 33.7. The Morgan fingerprint density at radius 2 is 0.959 bits per heavy atom. The largest absolute Gasteiger partial charge is 0.338 e. The average Bonchev–Trinajstić information content (AvgIpc) is 3.92. The molecule has 10 nitrogen and oxygen atoms in total. The van der Waals surface area contributed by atoms with Crippen LogP contribution in [0.3, 0.4) is 0 Å². The van der Waals surface area contributed by atoms with Crippen LogP contribution in [0.2, 0.25) is 0 Å². The average molecular weight is 683 g/mol. The highest BCUT2D eigenvalue weighted by Gasteiger charge is 2.13. The van der Waals surface area contributed by atoms with E-state index < -0.39 is 0 Å². The highest BCUT2D eigenvalue weighted by atomic mass is 32.1. The first-order valence-electron chi connectivity index (χ1n) is 15.0. The molecule has 49 heavy (non-hydrogen) atoms. The van der Waals surface area contributed by atoms with Gasteiger partial charge < -0.3 is 26.3 Å². The number of hydrogen-bond donors (Lipinski definition) is 5. The Hall–Kier alpha value is -6.37. The molecule has 0 saturated heterocycles. The molecule has 7 aromatic rings. The number of rotatable bonds is 9. The Morgan fingerprint density at radius 1 is 0.510 bits per heavy atom. The fourth-order valence-corrected chi connectivity index (χ4v) is 6.19. The molecule has 0 atom stereocenters. The number of hydrogen-bond acceptors (Lipinski definition) is 7. The third-order valence-electron chi connectivity index (χ3n) is 7.46. The third kappa shape index (κ3) is 7.30. The second kappa shape index (κ2) is 13.8. The molecule has 0 radical (unpaired) electrons. The minimum Gasteiger partial charge on any atom is -0.338 e. The van der Waals surface area contributed by atoms with Gasteiger partial charge in [0.15, 0.2) is 0 Å². The fourth-order valence-electron chi connectivity index (χ4n) is 4.95. The van der Waals surface area contributed by atoms with Crippen LogP contribution in [0.5, 0.6) is 0 Å². The number of amides is 4. The van der Waals surface area contributed by atoms with E-state index in [1.165, 1.54) is 22.7 Å². The minimum atomic E-state index is -0.287. The van der Waals surface area contributed by atoms with Crippen LogP contribution in [0.25, 0.3) is 22.4 Å². The number of imidazole rings is 1. The van der Waals surface area contributed by atoms with Gasteiger partial charge in [0.05, 0.1) is 20.8 Å². The normalized spacial score (nSPS) is 10.8. The molecule has 3 heterocycles. The van der Waals surface area contributed by atoms with Crippen LogP contribution in [0.4, 0.5) is 22.7 Å². The molecule has 0 saturated carbocycles. The number of benzene rings is 4. The van der Waals surface area contributed by atoms with Crippen molar-refractivity contribution in [2.75, 3.05) is 21.3 Å². The first kappa shape index (κ1) is 31.2. The number of carbonyl (C=O) groups excluding carboxylic acids is 4. The first-order valence-corrected chi connectivity index (χ1v) is 16.8. The number of aromatic amines is 1. The maximum atomic E-state index is 12.9. The summed E-state index contributed by atoms with van der Waals surface area (Å²) in [5.41, 5.74) is 5.59. The van der Waals surface area contributed by atoms with Crippen LogP contribution >= 0.6 is 22.7 Å². The Labute approximate surface area is 287 Å². The van der Waals surface area contributed by atoms with Crippen molar-refractivity contribution in [2.45, 2.75) is 0 Å². The quantitative estimate of drug-likeness (QED) is 0.104. The van der Waals surface area contributed by atoms with Gasteiger partial charge in [-0.2, -0.15) is 0 Å². The molecule has 12 heteroatoms. The van der Waals surface area contributed by atoms with Crippen molar-refractivity contribution < 1.29 is 19.2 Å². The zero-order valence-electron chi connectivity index (χ0n) is 25.5. The van der Waals surface area contributed by atoms with Crippen LogP contribution in [0, 0.1) is 0 Å². The zero-order valence-corrected chi connectivity index (χ0v) is 27.2. The summed E-state index contributed by atoms with van der Waals surface area (Å²) in [5.74, 6) is -0.319. The number of nitrogens with zero attached hydrogens (tertiary/aromatic N) is 1. The molecular weight excluding hydrogens is 657 g/mol. The highest BCUT2D eigenvalue weighted by molar-refractivity contribution is 7.12. The molecule has 0 fully saturated rings. The molecule has 0 spiro atoms.